The molecule has 0 aliphatic carbocycles. The second-order valence-corrected chi connectivity index (χ2v) is 5.21. The molecule has 1 aromatic carbocycles. The molecule has 3 aromatic rings. The monoisotopic (exact) mass is 284 g/mol. The van der Waals surface area contributed by atoms with Gasteiger partial charge in [-0.3, -0.25) is 15.0 Å². The lowest BCUT2D eigenvalue weighted by Crippen LogP contribution is -1.96. The van der Waals surface area contributed by atoms with Crippen LogP contribution >= 0.6 is 11.3 Å². The lowest BCUT2D eigenvalue weighted by Gasteiger charge is -1.97. The first kappa shape index (κ1) is 12.6. The first-order valence-electron chi connectivity index (χ1n) is 6.07. The van der Waals surface area contributed by atoms with Crippen molar-refractivity contribution in [1.29, 1.82) is 0 Å². The number of azo groups is 1. The SMILES string of the molecule is Cc1ccccc1N=Nc1c(-c2cccs2)[nH][nH]c1=O. The predicted molar refractivity (Wildman–Crippen MR) is 80.1 cm³/mol. The number of hydrogen-bond donors (Lipinski definition) is 2. The van der Waals surface area contributed by atoms with Crippen molar-refractivity contribution in [3.63, 3.8) is 0 Å². The number of benzene rings is 1. The molecule has 2 N–H and O–H groups in total. The van der Waals surface area contributed by atoms with Gasteiger partial charge in [0.05, 0.1) is 10.6 Å². The van der Waals surface area contributed by atoms with Gasteiger partial charge in [-0.1, -0.05) is 24.3 Å². The predicted octanol–water partition coefficient (Wildman–Crippen LogP) is 4.16. The van der Waals surface area contributed by atoms with Crippen molar-refractivity contribution in [3.05, 3.63) is 57.7 Å². The molecule has 0 fully saturated rings. The molecule has 100 valence electrons. The second kappa shape index (κ2) is 5.26. The van der Waals surface area contributed by atoms with Crippen molar-refractivity contribution in [1.82, 2.24) is 10.2 Å². The summed E-state index contributed by atoms with van der Waals surface area (Å²) in [7, 11) is 0. The van der Waals surface area contributed by atoms with Gasteiger partial charge >= 0.3 is 0 Å². The minimum atomic E-state index is -0.272. The van der Waals surface area contributed by atoms with Crippen LogP contribution in [-0.2, 0) is 0 Å². The highest BCUT2D eigenvalue weighted by Gasteiger charge is 2.12. The van der Waals surface area contributed by atoms with Crippen LogP contribution in [0, 0.1) is 6.92 Å². The Morgan fingerprint density at radius 2 is 1.90 bits per heavy atom. The molecule has 6 heteroatoms. The molecular formula is C14H12N4OS. The Morgan fingerprint density at radius 3 is 2.65 bits per heavy atom. The molecule has 0 atom stereocenters. The van der Waals surface area contributed by atoms with Crippen LogP contribution in [0.25, 0.3) is 10.6 Å². The van der Waals surface area contributed by atoms with Crippen LogP contribution in [0.3, 0.4) is 0 Å². The van der Waals surface area contributed by atoms with Gasteiger partial charge in [-0.2, -0.15) is 5.11 Å². The highest BCUT2D eigenvalue weighted by molar-refractivity contribution is 7.13. The third-order valence-electron chi connectivity index (χ3n) is 2.89. The minimum Gasteiger partial charge on any atom is -0.294 e. The number of aromatic nitrogens is 2. The Morgan fingerprint density at radius 1 is 1.05 bits per heavy atom. The van der Waals surface area contributed by atoms with Crippen molar-refractivity contribution in [2.45, 2.75) is 6.92 Å². The highest BCUT2D eigenvalue weighted by atomic mass is 32.1. The van der Waals surface area contributed by atoms with Gasteiger partial charge in [-0.15, -0.1) is 16.5 Å². The van der Waals surface area contributed by atoms with Gasteiger partial charge in [0.1, 0.15) is 5.69 Å². The van der Waals surface area contributed by atoms with E-state index >= 15 is 0 Å². The number of thiophene rings is 1. The Labute approximate surface area is 119 Å². The highest BCUT2D eigenvalue weighted by Crippen LogP contribution is 2.30. The largest absolute Gasteiger partial charge is 0.294 e. The van der Waals surface area contributed by atoms with E-state index in [9.17, 15) is 4.79 Å². The zero-order valence-electron chi connectivity index (χ0n) is 10.8. The molecule has 0 radical (unpaired) electrons. The standard InChI is InChI=1S/C14H12N4OS/c1-9-5-2-3-6-10(9)15-17-13-12(16-18-14(13)19)11-7-4-8-20-11/h2-8H,1H3,(H2,16,18,19). The van der Waals surface area contributed by atoms with Gasteiger partial charge in [0.15, 0.2) is 5.69 Å². The summed E-state index contributed by atoms with van der Waals surface area (Å²) in [6.45, 7) is 1.95. The number of hydrogen-bond acceptors (Lipinski definition) is 4. The molecule has 0 spiro atoms. The number of nitrogens with zero attached hydrogens (tertiary/aromatic N) is 2. The third-order valence-corrected chi connectivity index (χ3v) is 3.78. The maximum absolute atomic E-state index is 11.8. The fourth-order valence-corrected chi connectivity index (χ4v) is 2.55. The molecule has 0 saturated heterocycles. The van der Waals surface area contributed by atoms with Crippen LogP contribution in [-0.4, -0.2) is 10.2 Å². The van der Waals surface area contributed by atoms with Crippen LogP contribution in [0.5, 0.6) is 0 Å². The number of nitrogens with one attached hydrogen (secondary N) is 2. The second-order valence-electron chi connectivity index (χ2n) is 4.27. The van der Waals surface area contributed by atoms with E-state index in [0.717, 1.165) is 16.1 Å². The Balaban J connectivity index is 2.02. The Hall–Kier alpha value is -2.47. The lowest BCUT2D eigenvalue weighted by molar-refractivity contribution is 1.06. The average molecular weight is 284 g/mol. The fraction of sp³-hybridized carbons (Fsp3) is 0.0714. The van der Waals surface area contributed by atoms with E-state index in [2.05, 4.69) is 20.4 Å². The Kier molecular flexibility index (Phi) is 3.30. The molecule has 3 rings (SSSR count). The molecule has 0 unspecified atom stereocenters. The zero-order chi connectivity index (χ0) is 13.9. The van der Waals surface area contributed by atoms with E-state index in [1.165, 1.54) is 11.3 Å². The first-order valence-corrected chi connectivity index (χ1v) is 6.95. The first-order chi connectivity index (χ1) is 9.75. The van der Waals surface area contributed by atoms with Crippen LogP contribution < -0.4 is 5.56 Å². The molecule has 2 aromatic heterocycles. The van der Waals surface area contributed by atoms with Gasteiger partial charge < -0.3 is 0 Å². The third kappa shape index (κ3) is 2.33. The van der Waals surface area contributed by atoms with Crippen LogP contribution in [0.2, 0.25) is 0 Å². The van der Waals surface area contributed by atoms with Gasteiger partial charge in [0.25, 0.3) is 5.56 Å². The smallest absolute Gasteiger partial charge is 0.292 e. The molecule has 0 saturated carbocycles. The number of aryl methyl sites for hydroxylation is 1. The summed E-state index contributed by atoms with van der Waals surface area (Å²) >= 11 is 1.54. The van der Waals surface area contributed by atoms with E-state index in [1.807, 2.05) is 48.7 Å². The molecule has 2 heterocycles. The van der Waals surface area contributed by atoms with E-state index in [-0.39, 0.29) is 5.56 Å². The molecule has 0 aliphatic rings. The van der Waals surface area contributed by atoms with Crippen LogP contribution in [0.1, 0.15) is 5.56 Å². The molecular weight excluding hydrogens is 272 g/mol. The summed E-state index contributed by atoms with van der Waals surface area (Å²) in [6.07, 6.45) is 0. The number of H-pyrrole nitrogens is 2. The minimum absolute atomic E-state index is 0.272. The van der Waals surface area contributed by atoms with Crippen molar-refractivity contribution in [3.8, 4) is 10.6 Å². The molecule has 5 nitrogen and oxygen atoms in total. The average Bonchev–Trinajstić information content (AvgIpc) is 3.08. The van der Waals surface area contributed by atoms with E-state index in [4.69, 9.17) is 0 Å². The molecule has 0 bridgehead atoms. The molecule has 0 amide bonds. The maximum Gasteiger partial charge on any atom is 0.292 e. The summed E-state index contributed by atoms with van der Waals surface area (Å²) in [5, 5.41) is 15.6. The van der Waals surface area contributed by atoms with Gasteiger partial charge in [0, 0.05) is 0 Å². The molecule has 20 heavy (non-hydrogen) atoms. The van der Waals surface area contributed by atoms with E-state index in [1.54, 1.807) is 0 Å². The summed E-state index contributed by atoms with van der Waals surface area (Å²) in [5.41, 5.74) is 2.47. The van der Waals surface area contributed by atoms with E-state index < -0.39 is 0 Å². The number of rotatable bonds is 3. The summed E-state index contributed by atoms with van der Waals surface area (Å²) in [4.78, 5) is 12.8. The topological polar surface area (TPSA) is 73.4 Å². The van der Waals surface area contributed by atoms with Gasteiger partial charge in [0.2, 0.25) is 0 Å². The zero-order valence-corrected chi connectivity index (χ0v) is 11.6. The van der Waals surface area contributed by atoms with Crippen molar-refractivity contribution < 1.29 is 0 Å². The van der Waals surface area contributed by atoms with E-state index in [0.29, 0.717) is 11.4 Å². The maximum atomic E-state index is 11.8. The Bertz CT molecular complexity index is 799. The summed E-state index contributed by atoms with van der Waals surface area (Å²) in [6, 6.07) is 11.5. The van der Waals surface area contributed by atoms with Crippen LogP contribution in [0.15, 0.2) is 56.8 Å². The van der Waals surface area contributed by atoms with Crippen molar-refractivity contribution >= 4 is 22.7 Å². The normalized spacial score (nSPS) is 11.2. The quantitative estimate of drug-likeness (QED) is 0.696. The summed E-state index contributed by atoms with van der Waals surface area (Å²) in [5.74, 6) is 0. The van der Waals surface area contributed by atoms with Crippen molar-refractivity contribution in [2.24, 2.45) is 10.2 Å². The van der Waals surface area contributed by atoms with Gasteiger partial charge in [-0.25, -0.2) is 0 Å². The lowest BCUT2D eigenvalue weighted by atomic mass is 10.2. The number of aromatic amines is 2. The fourth-order valence-electron chi connectivity index (χ4n) is 1.83. The van der Waals surface area contributed by atoms with Gasteiger partial charge in [-0.05, 0) is 30.0 Å². The summed E-state index contributed by atoms with van der Waals surface area (Å²) < 4.78 is 0. The molecule has 0 aliphatic heterocycles. The van der Waals surface area contributed by atoms with Crippen LogP contribution in [0.4, 0.5) is 11.4 Å². The van der Waals surface area contributed by atoms with Crippen molar-refractivity contribution in [2.75, 3.05) is 0 Å².